The van der Waals surface area contributed by atoms with Gasteiger partial charge < -0.3 is 10.1 Å². The van der Waals surface area contributed by atoms with Gasteiger partial charge in [0.25, 0.3) is 0 Å². The fourth-order valence-electron chi connectivity index (χ4n) is 2.41. The minimum absolute atomic E-state index is 0.354. The van der Waals surface area contributed by atoms with Crippen molar-refractivity contribution in [3.63, 3.8) is 0 Å². The van der Waals surface area contributed by atoms with Crippen molar-refractivity contribution in [1.82, 2.24) is 9.97 Å². The molecule has 5 nitrogen and oxygen atoms in total. The van der Waals surface area contributed by atoms with Gasteiger partial charge in [-0.2, -0.15) is 0 Å². The van der Waals surface area contributed by atoms with Crippen molar-refractivity contribution in [1.29, 1.82) is 0 Å². The molecule has 0 atom stereocenters. The number of para-hydroxylation sites is 1. The summed E-state index contributed by atoms with van der Waals surface area (Å²) in [7, 11) is 1.33. The number of aryl methyl sites for hydroxylation is 1. The number of rotatable bonds is 4. The van der Waals surface area contributed by atoms with Crippen molar-refractivity contribution in [2.75, 3.05) is 12.4 Å². The molecule has 25 heavy (non-hydrogen) atoms. The van der Waals surface area contributed by atoms with E-state index in [0.29, 0.717) is 34.2 Å². The quantitative estimate of drug-likeness (QED) is 0.726. The van der Waals surface area contributed by atoms with Crippen LogP contribution in [-0.4, -0.2) is 23.0 Å². The van der Waals surface area contributed by atoms with Crippen LogP contribution in [0, 0.1) is 12.7 Å². The second-order valence-corrected chi connectivity index (χ2v) is 5.39. The van der Waals surface area contributed by atoms with E-state index >= 15 is 0 Å². The van der Waals surface area contributed by atoms with Crippen LogP contribution in [0.1, 0.15) is 16.1 Å². The van der Waals surface area contributed by atoms with E-state index in [1.54, 1.807) is 42.5 Å². The van der Waals surface area contributed by atoms with E-state index in [0.717, 1.165) is 0 Å². The topological polar surface area (TPSA) is 64.1 Å². The number of hydrogen-bond acceptors (Lipinski definition) is 5. The zero-order valence-corrected chi connectivity index (χ0v) is 13.8. The van der Waals surface area contributed by atoms with Gasteiger partial charge >= 0.3 is 5.97 Å². The van der Waals surface area contributed by atoms with E-state index in [9.17, 15) is 9.18 Å². The highest BCUT2D eigenvalue weighted by atomic mass is 19.1. The minimum Gasteiger partial charge on any atom is -0.465 e. The molecule has 0 bridgehead atoms. The fraction of sp³-hybridized carbons (Fsp3) is 0.105. The number of hydrogen-bond donors (Lipinski definition) is 1. The van der Waals surface area contributed by atoms with Crippen LogP contribution in [0.4, 0.5) is 15.9 Å². The van der Waals surface area contributed by atoms with Crippen molar-refractivity contribution in [2.45, 2.75) is 6.92 Å². The first kappa shape index (κ1) is 16.6. The Bertz CT molecular complexity index is 928. The van der Waals surface area contributed by atoms with Gasteiger partial charge in [-0.3, -0.25) is 0 Å². The zero-order valence-electron chi connectivity index (χ0n) is 13.8. The Morgan fingerprint density at radius 1 is 1.08 bits per heavy atom. The van der Waals surface area contributed by atoms with E-state index in [2.05, 4.69) is 15.3 Å². The summed E-state index contributed by atoms with van der Waals surface area (Å²) in [6, 6.07) is 14.8. The normalized spacial score (nSPS) is 10.4. The van der Waals surface area contributed by atoms with Crippen LogP contribution in [-0.2, 0) is 4.74 Å². The number of nitrogens with one attached hydrogen (secondary N) is 1. The Balaban J connectivity index is 1.98. The largest absolute Gasteiger partial charge is 0.465 e. The van der Waals surface area contributed by atoms with E-state index in [1.807, 2.05) is 6.92 Å². The monoisotopic (exact) mass is 337 g/mol. The molecule has 0 saturated heterocycles. The zero-order chi connectivity index (χ0) is 17.8. The molecule has 1 aromatic heterocycles. The number of anilines is 2. The number of aromatic nitrogens is 2. The number of halogens is 1. The summed E-state index contributed by atoms with van der Waals surface area (Å²) in [5.74, 6) is 0.105. The molecule has 0 radical (unpaired) electrons. The van der Waals surface area contributed by atoms with Gasteiger partial charge in [0.05, 0.1) is 18.4 Å². The predicted molar refractivity (Wildman–Crippen MR) is 93.2 cm³/mol. The first-order chi connectivity index (χ1) is 12.1. The van der Waals surface area contributed by atoms with Crippen LogP contribution in [0.5, 0.6) is 0 Å². The lowest BCUT2D eigenvalue weighted by atomic mass is 10.1. The summed E-state index contributed by atoms with van der Waals surface area (Å²) < 4.78 is 18.3. The van der Waals surface area contributed by atoms with E-state index in [-0.39, 0.29) is 5.82 Å². The lowest BCUT2D eigenvalue weighted by molar-refractivity contribution is 0.0602. The van der Waals surface area contributed by atoms with Crippen molar-refractivity contribution >= 4 is 17.5 Å². The molecule has 0 aliphatic heterocycles. The number of methoxy groups -OCH3 is 1. The highest BCUT2D eigenvalue weighted by molar-refractivity contribution is 5.96. The van der Waals surface area contributed by atoms with Gasteiger partial charge in [0.1, 0.15) is 11.6 Å². The molecule has 0 saturated carbocycles. The molecular formula is C19H16FN3O2. The van der Waals surface area contributed by atoms with Crippen molar-refractivity contribution in [2.24, 2.45) is 0 Å². The molecule has 1 heterocycles. The molecule has 0 fully saturated rings. The molecule has 6 heteroatoms. The molecular weight excluding hydrogens is 321 g/mol. The first-order valence-corrected chi connectivity index (χ1v) is 7.63. The molecule has 3 rings (SSSR count). The molecule has 126 valence electrons. The number of carbonyl (C=O) groups is 1. The lowest BCUT2D eigenvalue weighted by Crippen LogP contribution is -2.06. The van der Waals surface area contributed by atoms with E-state index < -0.39 is 5.97 Å². The molecule has 0 aliphatic rings. The van der Waals surface area contributed by atoms with Crippen molar-refractivity contribution < 1.29 is 13.9 Å². The Morgan fingerprint density at radius 3 is 2.64 bits per heavy atom. The Kier molecular flexibility index (Phi) is 4.70. The minimum atomic E-state index is -0.445. The predicted octanol–water partition coefficient (Wildman–Crippen LogP) is 4.12. The summed E-state index contributed by atoms with van der Waals surface area (Å²) >= 11 is 0. The molecule has 3 aromatic rings. The Hall–Kier alpha value is -3.28. The number of benzene rings is 2. The maximum Gasteiger partial charge on any atom is 0.339 e. The average molecular weight is 337 g/mol. The van der Waals surface area contributed by atoms with Crippen LogP contribution in [0.3, 0.4) is 0 Å². The van der Waals surface area contributed by atoms with Crippen molar-refractivity contribution in [3.05, 3.63) is 71.7 Å². The van der Waals surface area contributed by atoms with Gasteiger partial charge in [-0.1, -0.05) is 24.3 Å². The fourth-order valence-corrected chi connectivity index (χ4v) is 2.41. The highest BCUT2D eigenvalue weighted by Gasteiger charge is 2.12. The SMILES string of the molecule is COC(=O)c1ccccc1Nc1cc(C)nc(-c2cccc(F)c2)n1. The first-order valence-electron chi connectivity index (χ1n) is 7.63. The summed E-state index contributed by atoms with van der Waals surface area (Å²) in [6.45, 7) is 1.82. The lowest BCUT2D eigenvalue weighted by Gasteiger charge is -2.11. The van der Waals surface area contributed by atoms with E-state index in [4.69, 9.17) is 4.74 Å². The van der Waals surface area contributed by atoms with Crippen LogP contribution in [0.15, 0.2) is 54.6 Å². The Labute approximate surface area is 144 Å². The number of ether oxygens (including phenoxy) is 1. The van der Waals surface area contributed by atoms with Gasteiger partial charge in [-0.25, -0.2) is 19.2 Å². The molecule has 0 aliphatic carbocycles. The summed E-state index contributed by atoms with van der Waals surface area (Å²) in [4.78, 5) is 20.7. The maximum absolute atomic E-state index is 13.5. The van der Waals surface area contributed by atoms with Gasteiger partial charge in [-0.15, -0.1) is 0 Å². The maximum atomic E-state index is 13.5. The smallest absolute Gasteiger partial charge is 0.339 e. The van der Waals surface area contributed by atoms with Crippen LogP contribution in [0.25, 0.3) is 11.4 Å². The van der Waals surface area contributed by atoms with Crippen LogP contribution >= 0.6 is 0 Å². The average Bonchev–Trinajstić information content (AvgIpc) is 2.61. The standard InChI is InChI=1S/C19H16FN3O2/c1-12-10-17(22-16-9-4-3-8-15(16)19(24)25-2)23-18(21-12)13-6-5-7-14(20)11-13/h3-11H,1-2H3,(H,21,22,23). The van der Waals surface area contributed by atoms with Crippen LogP contribution < -0.4 is 5.32 Å². The van der Waals surface area contributed by atoms with E-state index in [1.165, 1.54) is 19.2 Å². The third kappa shape index (κ3) is 3.80. The molecule has 1 N–H and O–H groups in total. The summed E-state index contributed by atoms with van der Waals surface area (Å²) in [6.07, 6.45) is 0. The molecule has 0 amide bonds. The van der Waals surface area contributed by atoms with Gasteiger partial charge in [-0.05, 0) is 31.2 Å². The number of nitrogens with zero attached hydrogens (tertiary/aromatic N) is 2. The molecule has 2 aromatic carbocycles. The van der Waals surface area contributed by atoms with Gasteiger partial charge in [0, 0.05) is 17.3 Å². The van der Waals surface area contributed by atoms with Gasteiger partial charge in [0.2, 0.25) is 0 Å². The number of carbonyl (C=O) groups excluding carboxylic acids is 1. The van der Waals surface area contributed by atoms with Crippen molar-refractivity contribution in [3.8, 4) is 11.4 Å². The van der Waals surface area contributed by atoms with Gasteiger partial charge in [0.15, 0.2) is 5.82 Å². The molecule has 0 spiro atoms. The second kappa shape index (κ2) is 7.09. The Morgan fingerprint density at radius 2 is 1.88 bits per heavy atom. The third-order valence-corrected chi connectivity index (χ3v) is 3.53. The second-order valence-electron chi connectivity index (χ2n) is 5.39. The number of esters is 1. The molecule has 0 unspecified atom stereocenters. The third-order valence-electron chi connectivity index (χ3n) is 3.53. The summed E-state index contributed by atoms with van der Waals surface area (Å²) in [5.41, 5.74) is 2.26. The van der Waals surface area contributed by atoms with Crippen LogP contribution in [0.2, 0.25) is 0 Å². The summed E-state index contributed by atoms with van der Waals surface area (Å²) in [5, 5.41) is 3.11. The highest BCUT2D eigenvalue weighted by Crippen LogP contribution is 2.23.